The molecular weight excluding hydrogens is 338 g/mol. The molecule has 1 aromatic rings. The van der Waals surface area contributed by atoms with E-state index in [0.717, 1.165) is 23.5 Å². The van der Waals surface area contributed by atoms with Gasteiger partial charge >= 0.3 is 6.03 Å². The molecule has 7 heteroatoms. The molecule has 0 spiro atoms. The Morgan fingerprint density at radius 1 is 1.32 bits per heavy atom. The Morgan fingerprint density at radius 2 is 1.96 bits per heavy atom. The van der Waals surface area contributed by atoms with Gasteiger partial charge in [-0.25, -0.2) is 9.78 Å². The zero-order valence-electron chi connectivity index (χ0n) is 15.7. The van der Waals surface area contributed by atoms with Crippen LogP contribution in [-0.4, -0.2) is 45.0 Å². The van der Waals surface area contributed by atoms with Crippen LogP contribution in [-0.2, 0) is 11.3 Å². The van der Waals surface area contributed by atoms with Crippen LogP contribution in [0.1, 0.15) is 64.1 Å². The molecule has 0 bridgehead atoms. The van der Waals surface area contributed by atoms with Gasteiger partial charge in [-0.05, 0) is 19.8 Å². The van der Waals surface area contributed by atoms with Crippen molar-refractivity contribution in [3.05, 3.63) is 16.1 Å². The second kappa shape index (κ2) is 8.27. The highest BCUT2D eigenvalue weighted by Gasteiger charge is 2.36. The van der Waals surface area contributed by atoms with Crippen LogP contribution in [0, 0.1) is 5.92 Å². The smallest absolute Gasteiger partial charge is 0.318 e. The second-order valence-corrected chi connectivity index (χ2v) is 8.31. The zero-order valence-corrected chi connectivity index (χ0v) is 16.5. The van der Waals surface area contributed by atoms with E-state index in [0.29, 0.717) is 12.5 Å². The molecule has 2 N–H and O–H groups in total. The fraction of sp³-hybridized carbons (Fsp3) is 0.722. The maximum atomic E-state index is 12.7. The standard InChI is InChI=1S/C18H29N3O3S/c1-10(2)16(23)15(12(5)22)20-18(24)21(14-6-7-14)8-13-9-25-17(19-13)11(3)4/h9-12,14-15,22H,6-8H2,1-5H3,(H,20,24). The van der Waals surface area contributed by atoms with Gasteiger partial charge in [0.2, 0.25) is 0 Å². The van der Waals surface area contributed by atoms with E-state index in [9.17, 15) is 14.7 Å². The molecule has 25 heavy (non-hydrogen) atoms. The highest BCUT2D eigenvalue weighted by atomic mass is 32.1. The molecule has 1 fully saturated rings. The number of nitrogens with one attached hydrogen (secondary N) is 1. The monoisotopic (exact) mass is 367 g/mol. The highest BCUT2D eigenvalue weighted by Crippen LogP contribution is 2.29. The van der Waals surface area contributed by atoms with Crippen LogP contribution < -0.4 is 5.32 Å². The van der Waals surface area contributed by atoms with Gasteiger partial charge < -0.3 is 15.3 Å². The van der Waals surface area contributed by atoms with E-state index in [-0.39, 0.29) is 23.8 Å². The van der Waals surface area contributed by atoms with Crippen LogP contribution in [0.2, 0.25) is 0 Å². The average Bonchev–Trinajstić information content (AvgIpc) is 3.26. The van der Waals surface area contributed by atoms with Crippen LogP contribution in [0.3, 0.4) is 0 Å². The molecule has 140 valence electrons. The first-order chi connectivity index (χ1) is 11.7. The molecule has 1 aliphatic carbocycles. The van der Waals surface area contributed by atoms with Crippen LogP contribution in [0.25, 0.3) is 0 Å². The molecule has 2 rings (SSSR count). The summed E-state index contributed by atoms with van der Waals surface area (Å²) in [5, 5.41) is 15.7. The molecule has 6 nitrogen and oxygen atoms in total. The lowest BCUT2D eigenvalue weighted by Gasteiger charge is -2.27. The van der Waals surface area contributed by atoms with E-state index in [1.807, 2.05) is 5.38 Å². The molecule has 0 saturated heterocycles. The van der Waals surface area contributed by atoms with Gasteiger partial charge in [0, 0.05) is 23.3 Å². The van der Waals surface area contributed by atoms with Gasteiger partial charge in [0.1, 0.15) is 6.04 Å². The number of Topliss-reactive ketones (excluding diaryl/α,β-unsaturated/α-hetero) is 1. The maximum absolute atomic E-state index is 12.7. The molecule has 2 atom stereocenters. The third-order valence-electron chi connectivity index (χ3n) is 4.28. The number of amides is 2. The Labute approximate surface area is 153 Å². The summed E-state index contributed by atoms with van der Waals surface area (Å²) in [5.74, 6) is -0.0403. The number of aliphatic hydroxyl groups excluding tert-OH is 1. The van der Waals surface area contributed by atoms with Gasteiger partial charge in [0.15, 0.2) is 5.78 Å². The van der Waals surface area contributed by atoms with Crippen molar-refractivity contribution in [1.29, 1.82) is 0 Å². The van der Waals surface area contributed by atoms with E-state index in [4.69, 9.17) is 0 Å². The molecule has 1 saturated carbocycles. The number of thiazole rings is 1. The number of nitrogens with zero attached hydrogens (tertiary/aromatic N) is 2. The summed E-state index contributed by atoms with van der Waals surface area (Å²) in [7, 11) is 0. The van der Waals surface area contributed by atoms with E-state index in [2.05, 4.69) is 24.1 Å². The van der Waals surface area contributed by atoms with Crippen molar-refractivity contribution in [2.75, 3.05) is 0 Å². The van der Waals surface area contributed by atoms with Crippen molar-refractivity contribution in [2.45, 2.75) is 78.1 Å². The first-order valence-electron chi connectivity index (χ1n) is 8.94. The summed E-state index contributed by atoms with van der Waals surface area (Å²) >= 11 is 1.61. The minimum atomic E-state index is -0.924. The maximum Gasteiger partial charge on any atom is 0.318 e. The minimum Gasteiger partial charge on any atom is -0.391 e. The third-order valence-corrected chi connectivity index (χ3v) is 5.48. The summed E-state index contributed by atoms with van der Waals surface area (Å²) < 4.78 is 0. The van der Waals surface area contributed by atoms with Gasteiger partial charge in [0.05, 0.1) is 23.4 Å². The van der Waals surface area contributed by atoms with Gasteiger partial charge in [-0.3, -0.25) is 4.79 Å². The Bertz CT molecular complexity index is 608. The predicted molar refractivity (Wildman–Crippen MR) is 98.6 cm³/mol. The van der Waals surface area contributed by atoms with E-state index >= 15 is 0 Å². The van der Waals surface area contributed by atoms with Gasteiger partial charge in [-0.1, -0.05) is 27.7 Å². The Balaban J connectivity index is 2.08. The number of aliphatic hydroxyl groups is 1. The van der Waals surface area contributed by atoms with Gasteiger partial charge in [0.25, 0.3) is 0 Å². The lowest BCUT2D eigenvalue weighted by atomic mass is 9.98. The first kappa shape index (κ1) is 19.8. The SMILES string of the molecule is CC(C)C(=O)C(NC(=O)N(Cc1csc(C(C)C)n1)C1CC1)C(C)O. The first-order valence-corrected chi connectivity index (χ1v) is 9.81. The number of rotatable bonds is 8. The molecule has 0 aromatic carbocycles. The Hall–Kier alpha value is -1.47. The largest absolute Gasteiger partial charge is 0.391 e. The second-order valence-electron chi connectivity index (χ2n) is 7.42. The lowest BCUT2D eigenvalue weighted by Crippen LogP contribution is -2.53. The topological polar surface area (TPSA) is 82.5 Å². The molecule has 2 unspecified atom stereocenters. The molecule has 1 heterocycles. The summed E-state index contributed by atoms with van der Waals surface area (Å²) in [6, 6.07) is -0.995. The number of aromatic nitrogens is 1. The van der Waals surface area contributed by atoms with Crippen molar-refractivity contribution >= 4 is 23.2 Å². The fourth-order valence-corrected chi connectivity index (χ4v) is 3.42. The molecule has 0 aliphatic heterocycles. The van der Waals surface area contributed by atoms with E-state index in [1.165, 1.54) is 6.92 Å². The minimum absolute atomic E-state index is 0.158. The number of carbonyl (C=O) groups excluding carboxylic acids is 2. The van der Waals surface area contributed by atoms with Crippen molar-refractivity contribution in [1.82, 2.24) is 15.2 Å². The van der Waals surface area contributed by atoms with E-state index < -0.39 is 12.1 Å². The quantitative estimate of drug-likeness (QED) is 0.740. The summed E-state index contributed by atoms with van der Waals surface area (Å²) in [6.45, 7) is 9.69. The van der Waals surface area contributed by atoms with Crippen molar-refractivity contribution in [3.8, 4) is 0 Å². The van der Waals surface area contributed by atoms with Gasteiger partial charge in [-0.2, -0.15) is 0 Å². The highest BCUT2D eigenvalue weighted by molar-refractivity contribution is 7.09. The van der Waals surface area contributed by atoms with Crippen LogP contribution in [0.4, 0.5) is 4.79 Å². The molecule has 1 aliphatic rings. The molecular formula is C18H29N3O3S. The number of urea groups is 1. The Kier molecular flexibility index (Phi) is 6.57. The third kappa shape index (κ3) is 5.25. The summed E-state index contributed by atoms with van der Waals surface area (Å²) in [4.78, 5) is 31.3. The summed E-state index contributed by atoms with van der Waals surface area (Å²) in [6.07, 6.45) is 1.00. The van der Waals surface area contributed by atoms with Crippen LogP contribution in [0.15, 0.2) is 5.38 Å². The van der Waals surface area contributed by atoms with Gasteiger partial charge in [-0.15, -0.1) is 11.3 Å². The van der Waals surface area contributed by atoms with Crippen LogP contribution in [0.5, 0.6) is 0 Å². The molecule has 2 amide bonds. The number of hydrogen-bond acceptors (Lipinski definition) is 5. The zero-order chi connectivity index (χ0) is 18.7. The number of carbonyl (C=O) groups is 2. The Morgan fingerprint density at radius 3 is 2.40 bits per heavy atom. The summed E-state index contributed by atoms with van der Waals surface area (Å²) in [5.41, 5.74) is 0.875. The van der Waals surface area contributed by atoms with E-state index in [1.54, 1.807) is 30.1 Å². The number of ketones is 1. The lowest BCUT2D eigenvalue weighted by molar-refractivity contribution is -0.126. The molecule has 1 aromatic heterocycles. The van der Waals surface area contributed by atoms with Crippen molar-refractivity contribution in [2.24, 2.45) is 5.92 Å². The van der Waals surface area contributed by atoms with Crippen molar-refractivity contribution in [3.63, 3.8) is 0 Å². The van der Waals surface area contributed by atoms with Crippen LogP contribution >= 0.6 is 11.3 Å². The number of hydrogen-bond donors (Lipinski definition) is 2. The fourth-order valence-electron chi connectivity index (χ4n) is 2.59. The van der Waals surface area contributed by atoms with Crippen molar-refractivity contribution < 1.29 is 14.7 Å². The predicted octanol–water partition coefficient (Wildman–Crippen LogP) is 2.92. The normalized spacial score (nSPS) is 16.8. The average molecular weight is 368 g/mol. The molecule has 0 radical (unpaired) electrons.